The van der Waals surface area contributed by atoms with E-state index in [0.29, 0.717) is 16.9 Å². The second-order valence-electron chi connectivity index (χ2n) is 5.22. The average molecular weight is 386 g/mol. The number of carbonyl (C=O) groups excluding carboxylic acids is 2. The van der Waals surface area contributed by atoms with Gasteiger partial charge in [-0.1, -0.05) is 42.1 Å². The number of hydrazine groups is 1. The molecule has 1 aliphatic rings. The van der Waals surface area contributed by atoms with Crippen LogP contribution < -0.4 is 10.2 Å². The Morgan fingerprint density at radius 3 is 2.65 bits per heavy atom. The Labute approximate surface area is 159 Å². The molecule has 2 amide bonds. The van der Waals surface area contributed by atoms with Crippen molar-refractivity contribution in [3.05, 3.63) is 64.6 Å². The Hall–Kier alpha value is -2.84. The minimum Gasteiger partial charge on any atom is -0.504 e. The highest BCUT2D eigenvalue weighted by Gasteiger charge is 2.34. The summed E-state index contributed by atoms with van der Waals surface area (Å²) in [6, 6.07) is 13.5. The number of amides is 2. The lowest BCUT2D eigenvalue weighted by Crippen LogP contribution is -2.44. The van der Waals surface area contributed by atoms with Crippen LogP contribution >= 0.6 is 24.0 Å². The first-order valence-corrected chi connectivity index (χ1v) is 8.73. The summed E-state index contributed by atoms with van der Waals surface area (Å²) in [5.41, 5.74) is 3.33. The summed E-state index contributed by atoms with van der Waals surface area (Å²) in [5.74, 6) is -0.681. The van der Waals surface area contributed by atoms with E-state index in [1.807, 2.05) is 0 Å². The lowest BCUT2D eigenvalue weighted by Gasteiger charge is -2.15. The number of hydrogen-bond donors (Lipinski definition) is 2. The van der Waals surface area contributed by atoms with Crippen molar-refractivity contribution in [3.63, 3.8) is 0 Å². The van der Waals surface area contributed by atoms with Gasteiger partial charge in [0.25, 0.3) is 11.8 Å². The van der Waals surface area contributed by atoms with E-state index in [-0.39, 0.29) is 15.0 Å². The first-order valence-electron chi connectivity index (χ1n) is 7.51. The third-order valence-electron chi connectivity index (χ3n) is 3.58. The molecule has 8 heteroatoms. The van der Waals surface area contributed by atoms with Crippen molar-refractivity contribution in [3.8, 4) is 11.5 Å². The normalized spacial score (nSPS) is 15.4. The summed E-state index contributed by atoms with van der Waals surface area (Å²) in [7, 11) is 1.44. The largest absolute Gasteiger partial charge is 0.504 e. The standard InChI is InChI=1S/C18H14N2O4S2/c1-24-13-9-5-8-12(15(13)21)10-14-17(23)20(18(25)26-14)19-16(22)11-6-3-2-4-7-11/h2-10,21H,1H3,(H,19,22)/b14-10-. The molecule has 0 unspecified atom stereocenters. The second-order valence-corrected chi connectivity index (χ2v) is 6.90. The number of rotatable bonds is 4. The number of phenolic OH excluding ortho intramolecular Hbond substituents is 1. The van der Waals surface area contributed by atoms with Crippen LogP contribution in [0.15, 0.2) is 53.4 Å². The molecule has 2 N–H and O–H groups in total. The lowest BCUT2D eigenvalue weighted by atomic mass is 10.1. The molecule has 0 atom stereocenters. The molecule has 0 bridgehead atoms. The lowest BCUT2D eigenvalue weighted by molar-refractivity contribution is -0.123. The van der Waals surface area contributed by atoms with Crippen molar-refractivity contribution in [1.82, 2.24) is 10.4 Å². The van der Waals surface area contributed by atoms with Gasteiger partial charge in [-0.25, -0.2) is 0 Å². The van der Waals surface area contributed by atoms with Crippen molar-refractivity contribution in [2.45, 2.75) is 0 Å². The first-order chi connectivity index (χ1) is 12.5. The molecule has 0 spiro atoms. The molecule has 6 nitrogen and oxygen atoms in total. The zero-order valence-electron chi connectivity index (χ0n) is 13.6. The maximum atomic E-state index is 12.6. The number of carbonyl (C=O) groups is 2. The summed E-state index contributed by atoms with van der Waals surface area (Å²) < 4.78 is 5.26. The SMILES string of the molecule is COc1cccc(/C=C2\SC(=S)N(NC(=O)c3ccccc3)C2=O)c1O. The van der Waals surface area contributed by atoms with Gasteiger partial charge in [-0.3, -0.25) is 15.0 Å². The summed E-state index contributed by atoms with van der Waals surface area (Å²) in [6.07, 6.45) is 1.51. The van der Waals surface area contributed by atoms with E-state index >= 15 is 0 Å². The molecule has 1 saturated heterocycles. The molecule has 0 aromatic heterocycles. The van der Waals surface area contributed by atoms with Gasteiger partial charge in [-0.2, -0.15) is 5.01 Å². The number of hydrogen-bond acceptors (Lipinski definition) is 6. The molecular weight excluding hydrogens is 372 g/mol. The molecular formula is C18H14N2O4S2. The number of aromatic hydroxyl groups is 1. The van der Waals surface area contributed by atoms with Crippen LogP contribution in [0.3, 0.4) is 0 Å². The zero-order chi connectivity index (χ0) is 18.7. The van der Waals surface area contributed by atoms with Crippen LogP contribution in [-0.4, -0.2) is 33.4 Å². The minimum absolute atomic E-state index is 0.0754. The van der Waals surface area contributed by atoms with E-state index in [0.717, 1.165) is 16.8 Å². The van der Waals surface area contributed by atoms with E-state index in [1.54, 1.807) is 48.5 Å². The Morgan fingerprint density at radius 1 is 1.23 bits per heavy atom. The smallest absolute Gasteiger partial charge is 0.285 e. The van der Waals surface area contributed by atoms with Crippen LogP contribution in [0.5, 0.6) is 11.5 Å². The van der Waals surface area contributed by atoms with Crippen LogP contribution in [0.1, 0.15) is 15.9 Å². The number of phenols is 1. The average Bonchev–Trinajstić information content (AvgIpc) is 2.91. The Morgan fingerprint density at radius 2 is 1.96 bits per heavy atom. The predicted molar refractivity (Wildman–Crippen MR) is 104 cm³/mol. The van der Waals surface area contributed by atoms with Gasteiger partial charge in [0.2, 0.25) is 0 Å². The Balaban J connectivity index is 1.82. The van der Waals surface area contributed by atoms with Gasteiger partial charge in [0.15, 0.2) is 15.8 Å². The van der Waals surface area contributed by atoms with Gasteiger partial charge in [-0.05, 0) is 36.5 Å². The van der Waals surface area contributed by atoms with Crippen molar-refractivity contribution < 1.29 is 19.4 Å². The van der Waals surface area contributed by atoms with Crippen molar-refractivity contribution in [2.24, 2.45) is 0 Å². The van der Waals surface area contributed by atoms with Crippen LogP contribution in [0, 0.1) is 0 Å². The summed E-state index contributed by atoms with van der Waals surface area (Å²) in [6.45, 7) is 0. The van der Waals surface area contributed by atoms with Crippen molar-refractivity contribution >= 4 is 46.2 Å². The maximum Gasteiger partial charge on any atom is 0.285 e. The molecule has 1 fully saturated rings. The highest BCUT2D eigenvalue weighted by atomic mass is 32.2. The van der Waals surface area contributed by atoms with Crippen LogP contribution in [0.2, 0.25) is 0 Å². The Kier molecular flexibility index (Phi) is 5.24. The number of ether oxygens (including phenoxy) is 1. The Bertz CT molecular complexity index is 913. The zero-order valence-corrected chi connectivity index (χ0v) is 15.3. The molecule has 1 aliphatic heterocycles. The van der Waals surface area contributed by atoms with Gasteiger partial charge < -0.3 is 9.84 Å². The third kappa shape index (κ3) is 3.56. The van der Waals surface area contributed by atoms with E-state index in [1.165, 1.54) is 13.2 Å². The van der Waals surface area contributed by atoms with Gasteiger partial charge in [0.1, 0.15) is 0 Å². The van der Waals surface area contributed by atoms with Crippen LogP contribution in [0.25, 0.3) is 6.08 Å². The third-order valence-corrected chi connectivity index (χ3v) is 4.88. The number of nitrogens with zero attached hydrogens (tertiary/aromatic N) is 1. The topological polar surface area (TPSA) is 78.9 Å². The van der Waals surface area contributed by atoms with Crippen LogP contribution in [-0.2, 0) is 4.79 Å². The summed E-state index contributed by atoms with van der Waals surface area (Å²) in [4.78, 5) is 25.1. The highest BCUT2D eigenvalue weighted by Crippen LogP contribution is 2.36. The predicted octanol–water partition coefficient (Wildman–Crippen LogP) is 2.95. The maximum absolute atomic E-state index is 12.6. The molecule has 0 aliphatic carbocycles. The number of para-hydroxylation sites is 1. The molecule has 0 radical (unpaired) electrons. The van der Waals surface area contributed by atoms with Gasteiger partial charge in [0, 0.05) is 11.1 Å². The van der Waals surface area contributed by atoms with Gasteiger partial charge >= 0.3 is 0 Å². The highest BCUT2D eigenvalue weighted by molar-refractivity contribution is 8.26. The molecule has 2 aromatic rings. The molecule has 26 heavy (non-hydrogen) atoms. The monoisotopic (exact) mass is 386 g/mol. The van der Waals surface area contributed by atoms with Crippen molar-refractivity contribution in [1.29, 1.82) is 0 Å². The number of benzene rings is 2. The number of methoxy groups -OCH3 is 1. The fourth-order valence-electron chi connectivity index (χ4n) is 2.28. The first kappa shape index (κ1) is 18.0. The van der Waals surface area contributed by atoms with Gasteiger partial charge in [-0.15, -0.1) is 0 Å². The quantitative estimate of drug-likeness (QED) is 0.621. The number of nitrogens with one attached hydrogen (secondary N) is 1. The second kappa shape index (κ2) is 7.59. The molecule has 1 heterocycles. The molecule has 0 saturated carbocycles. The number of thiocarbonyl (C=S) groups is 1. The molecule has 132 valence electrons. The van der Waals surface area contributed by atoms with E-state index in [4.69, 9.17) is 17.0 Å². The van der Waals surface area contributed by atoms with Crippen LogP contribution in [0.4, 0.5) is 0 Å². The number of thioether (sulfide) groups is 1. The fraction of sp³-hybridized carbons (Fsp3) is 0.0556. The molecule has 3 rings (SSSR count). The summed E-state index contributed by atoms with van der Waals surface area (Å²) in [5, 5.41) is 11.2. The summed E-state index contributed by atoms with van der Waals surface area (Å²) >= 11 is 6.22. The van der Waals surface area contributed by atoms with E-state index < -0.39 is 11.8 Å². The van der Waals surface area contributed by atoms with Crippen molar-refractivity contribution in [2.75, 3.05) is 7.11 Å². The van der Waals surface area contributed by atoms with E-state index in [9.17, 15) is 14.7 Å². The minimum atomic E-state index is -0.466. The fourth-order valence-corrected chi connectivity index (χ4v) is 3.45. The van der Waals surface area contributed by atoms with Gasteiger partial charge in [0.05, 0.1) is 12.0 Å². The molecule has 2 aromatic carbocycles. The van der Waals surface area contributed by atoms with E-state index in [2.05, 4.69) is 5.43 Å².